The van der Waals surface area contributed by atoms with Gasteiger partial charge in [-0.2, -0.15) is 0 Å². The number of aliphatic carboxylic acids is 1. The van der Waals surface area contributed by atoms with Crippen molar-refractivity contribution in [2.45, 2.75) is 58.8 Å². The lowest BCUT2D eigenvalue weighted by atomic mass is 10.0. The van der Waals surface area contributed by atoms with Gasteiger partial charge in [-0.15, -0.1) is 0 Å². The first-order valence-electron chi connectivity index (χ1n) is 7.68. The van der Waals surface area contributed by atoms with Crippen LogP contribution in [0, 0.1) is 11.8 Å². The molecule has 0 aromatic heterocycles. The van der Waals surface area contributed by atoms with E-state index in [0.29, 0.717) is 18.9 Å². The van der Waals surface area contributed by atoms with Crippen LogP contribution in [0.1, 0.15) is 40.5 Å². The number of carboxylic acid groups (broad SMARTS) is 1. The Bertz CT molecular complexity index is 422. The van der Waals surface area contributed by atoms with Gasteiger partial charge in [0.2, 0.25) is 5.91 Å². The minimum atomic E-state index is -1.16. The zero-order chi connectivity index (χ0) is 16.9. The number of carbonyl (C=O) groups is 3. The fraction of sp³-hybridized carbons (Fsp3) is 0.800. The summed E-state index contributed by atoms with van der Waals surface area (Å²) in [5.74, 6) is -1.25. The van der Waals surface area contributed by atoms with E-state index in [0.717, 1.165) is 6.42 Å². The van der Waals surface area contributed by atoms with Gasteiger partial charge in [-0.05, 0) is 24.7 Å². The number of amides is 2. The number of nitrogens with one attached hydrogen (secondary N) is 2. The van der Waals surface area contributed by atoms with Crippen molar-refractivity contribution in [1.29, 1.82) is 0 Å². The van der Waals surface area contributed by atoms with E-state index in [1.165, 1.54) is 0 Å². The highest BCUT2D eigenvalue weighted by Gasteiger charge is 2.51. The highest BCUT2D eigenvalue weighted by Crippen LogP contribution is 2.22. The predicted octanol–water partition coefficient (Wildman–Crippen LogP) is 0.532. The summed E-state index contributed by atoms with van der Waals surface area (Å²) < 4.78 is 4.80. The monoisotopic (exact) mass is 314 g/mol. The molecule has 0 aromatic carbocycles. The Balaban J connectivity index is 2.51. The van der Waals surface area contributed by atoms with E-state index in [2.05, 4.69) is 24.5 Å². The molecule has 1 aliphatic heterocycles. The molecule has 0 saturated carbocycles. The van der Waals surface area contributed by atoms with Gasteiger partial charge in [-0.3, -0.25) is 9.59 Å². The Morgan fingerprint density at radius 2 is 1.73 bits per heavy atom. The maximum Gasteiger partial charge on any atom is 0.336 e. The highest BCUT2D eigenvalue weighted by molar-refractivity contribution is 5.95. The molecule has 3 atom stereocenters. The fourth-order valence-corrected chi connectivity index (χ4v) is 2.06. The van der Waals surface area contributed by atoms with Crippen molar-refractivity contribution in [2.75, 3.05) is 6.54 Å². The molecular formula is C15H26N2O5. The molecule has 1 rings (SSSR count). The first-order chi connectivity index (χ1) is 10.2. The number of epoxide rings is 1. The summed E-state index contributed by atoms with van der Waals surface area (Å²) >= 11 is 0. The number of hydrogen-bond donors (Lipinski definition) is 3. The lowest BCUT2D eigenvalue weighted by Gasteiger charge is -2.20. The third-order valence-corrected chi connectivity index (χ3v) is 3.35. The minimum Gasteiger partial charge on any atom is -0.479 e. The second-order valence-corrected chi connectivity index (χ2v) is 6.48. The quantitative estimate of drug-likeness (QED) is 0.538. The molecule has 1 fully saturated rings. The number of carbonyl (C=O) groups excluding carboxylic acids is 2. The molecule has 3 N–H and O–H groups in total. The molecule has 0 bridgehead atoms. The van der Waals surface area contributed by atoms with Crippen LogP contribution < -0.4 is 10.6 Å². The van der Waals surface area contributed by atoms with E-state index in [1.807, 2.05) is 13.8 Å². The van der Waals surface area contributed by atoms with Crippen molar-refractivity contribution in [3.63, 3.8) is 0 Å². The molecule has 1 saturated heterocycles. The Morgan fingerprint density at radius 3 is 2.18 bits per heavy atom. The number of rotatable bonds is 9. The standard InChI is InChI=1S/C15H26N2O5/c1-8(2)5-6-16-13(18)10(7-9(3)4)17-14(19)11-12(22-11)15(20)21/h8-12H,5-7H2,1-4H3,(H,16,18)(H,17,19)(H,20,21)/t10-,11+,12-/m0/s1. The van der Waals surface area contributed by atoms with Crippen LogP contribution in [0.3, 0.4) is 0 Å². The average Bonchev–Trinajstić information content (AvgIpc) is 3.16. The topological polar surface area (TPSA) is 108 Å². The Hall–Kier alpha value is -1.63. The van der Waals surface area contributed by atoms with Crippen LogP contribution in [0.15, 0.2) is 0 Å². The lowest BCUT2D eigenvalue weighted by molar-refractivity contribution is -0.138. The van der Waals surface area contributed by atoms with Crippen molar-refractivity contribution in [3.05, 3.63) is 0 Å². The van der Waals surface area contributed by atoms with Crippen molar-refractivity contribution in [3.8, 4) is 0 Å². The Kier molecular flexibility index (Phi) is 6.80. The molecule has 0 aromatic rings. The van der Waals surface area contributed by atoms with Gasteiger partial charge in [0.25, 0.3) is 5.91 Å². The molecule has 7 nitrogen and oxygen atoms in total. The summed E-state index contributed by atoms with van der Waals surface area (Å²) in [5.41, 5.74) is 0. The molecule has 0 unspecified atom stereocenters. The molecule has 7 heteroatoms. The third kappa shape index (κ3) is 6.01. The SMILES string of the molecule is CC(C)CCNC(=O)[C@H](CC(C)C)NC(=O)[C@@H]1O[C@@H]1C(=O)O. The van der Waals surface area contributed by atoms with Crippen molar-refractivity contribution >= 4 is 17.8 Å². The molecular weight excluding hydrogens is 288 g/mol. The van der Waals surface area contributed by atoms with Crippen molar-refractivity contribution < 1.29 is 24.2 Å². The smallest absolute Gasteiger partial charge is 0.336 e. The van der Waals surface area contributed by atoms with E-state index < -0.39 is 30.1 Å². The van der Waals surface area contributed by atoms with E-state index >= 15 is 0 Å². The molecule has 126 valence electrons. The summed E-state index contributed by atoms with van der Waals surface area (Å²) in [6.45, 7) is 8.59. The normalized spacial score (nSPS) is 21.5. The predicted molar refractivity (Wildman–Crippen MR) is 80.1 cm³/mol. The summed E-state index contributed by atoms with van der Waals surface area (Å²) in [4.78, 5) is 34.8. The van der Waals surface area contributed by atoms with Crippen LogP contribution in [0.2, 0.25) is 0 Å². The van der Waals surface area contributed by atoms with Crippen molar-refractivity contribution in [2.24, 2.45) is 11.8 Å². The Morgan fingerprint density at radius 1 is 1.09 bits per heavy atom. The van der Waals surface area contributed by atoms with E-state index in [-0.39, 0.29) is 11.8 Å². The average molecular weight is 314 g/mol. The summed E-state index contributed by atoms with van der Waals surface area (Å²) in [7, 11) is 0. The van der Waals surface area contributed by atoms with E-state index in [1.54, 1.807) is 0 Å². The largest absolute Gasteiger partial charge is 0.479 e. The van der Waals surface area contributed by atoms with Gasteiger partial charge >= 0.3 is 5.97 Å². The van der Waals surface area contributed by atoms with Crippen LogP contribution in [0.4, 0.5) is 0 Å². The fourth-order valence-electron chi connectivity index (χ4n) is 2.06. The molecule has 1 heterocycles. The number of carboxylic acids is 1. The van der Waals surface area contributed by atoms with Gasteiger partial charge in [0.05, 0.1) is 0 Å². The van der Waals surface area contributed by atoms with E-state index in [4.69, 9.17) is 9.84 Å². The summed E-state index contributed by atoms with van der Waals surface area (Å²) in [5, 5.41) is 14.1. The van der Waals surface area contributed by atoms with Crippen LogP contribution in [0.25, 0.3) is 0 Å². The van der Waals surface area contributed by atoms with Crippen molar-refractivity contribution in [1.82, 2.24) is 10.6 Å². The molecule has 0 spiro atoms. The number of ether oxygens (including phenoxy) is 1. The van der Waals surface area contributed by atoms with Gasteiger partial charge in [-0.1, -0.05) is 27.7 Å². The van der Waals surface area contributed by atoms with Crippen LogP contribution in [-0.2, 0) is 19.1 Å². The molecule has 0 radical (unpaired) electrons. The van der Waals surface area contributed by atoms with Crippen LogP contribution >= 0.6 is 0 Å². The summed E-state index contributed by atoms with van der Waals surface area (Å²) in [6, 6.07) is -0.668. The van der Waals surface area contributed by atoms with Crippen LogP contribution in [0.5, 0.6) is 0 Å². The van der Waals surface area contributed by atoms with Gasteiger partial charge in [0.1, 0.15) is 6.04 Å². The highest BCUT2D eigenvalue weighted by atomic mass is 16.6. The lowest BCUT2D eigenvalue weighted by Crippen LogP contribution is -2.49. The maximum atomic E-state index is 12.2. The maximum absolute atomic E-state index is 12.2. The summed E-state index contributed by atoms with van der Waals surface area (Å²) in [6.07, 6.45) is -0.732. The second kappa shape index (κ2) is 8.12. The third-order valence-electron chi connectivity index (χ3n) is 3.35. The Labute approximate surface area is 130 Å². The molecule has 1 aliphatic rings. The minimum absolute atomic E-state index is 0.219. The van der Waals surface area contributed by atoms with Crippen LogP contribution in [-0.4, -0.2) is 47.7 Å². The van der Waals surface area contributed by atoms with Gasteiger partial charge in [-0.25, -0.2) is 4.79 Å². The first-order valence-corrected chi connectivity index (χ1v) is 7.68. The second-order valence-electron chi connectivity index (χ2n) is 6.48. The first kappa shape index (κ1) is 18.4. The number of hydrogen-bond acceptors (Lipinski definition) is 4. The van der Waals surface area contributed by atoms with Gasteiger partial charge < -0.3 is 20.5 Å². The van der Waals surface area contributed by atoms with Gasteiger partial charge in [0.15, 0.2) is 12.2 Å². The molecule has 0 aliphatic carbocycles. The van der Waals surface area contributed by atoms with E-state index in [9.17, 15) is 14.4 Å². The van der Waals surface area contributed by atoms with Gasteiger partial charge in [0, 0.05) is 6.54 Å². The molecule has 2 amide bonds. The zero-order valence-electron chi connectivity index (χ0n) is 13.6. The zero-order valence-corrected chi connectivity index (χ0v) is 13.6. The molecule has 22 heavy (non-hydrogen) atoms.